The molecule has 4 aliphatic rings. The molecule has 2 atom stereocenters. The van der Waals surface area contributed by atoms with Gasteiger partial charge in [-0.15, -0.1) is 0 Å². The van der Waals surface area contributed by atoms with E-state index in [4.69, 9.17) is 21.2 Å². The molecule has 146 valence electrons. The lowest BCUT2D eigenvalue weighted by Crippen LogP contribution is -2.53. The van der Waals surface area contributed by atoms with Crippen molar-refractivity contribution in [3.63, 3.8) is 0 Å². The molecule has 4 fully saturated rings. The minimum absolute atomic E-state index is 0.00373. The topological polar surface area (TPSA) is 88.7 Å². The predicted molar refractivity (Wildman–Crippen MR) is 94.5 cm³/mol. The molecule has 3 saturated carbocycles. The Kier molecular flexibility index (Phi) is 4.96. The van der Waals surface area contributed by atoms with Gasteiger partial charge in [-0.1, -0.05) is 11.6 Å². The SMILES string of the molecule is O=C(COc1ccc(Cl)c(F)c1)NC12CC(C1)[C@@H](NC(=O)C1CCNO1)C2. The van der Waals surface area contributed by atoms with Crippen molar-refractivity contribution in [2.45, 2.75) is 43.4 Å². The molecule has 0 radical (unpaired) electrons. The third kappa shape index (κ3) is 3.88. The van der Waals surface area contributed by atoms with E-state index < -0.39 is 11.9 Å². The van der Waals surface area contributed by atoms with Crippen LogP contribution in [0.25, 0.3) is 0 Å². The van der Waals surface area contributed by atoms with Gasteiger partial charge >= 0.3 is 0 Å². The van der Waals surface area contributed by atoms with Crippen molar-refractivity contribution >= 4 is 23.4 Å². The minimum atomic E-state index is -0.592. The Morgan fingerprint density at radius 3 is 2.89 bits per heavy atom. The molecule has 27 heavy (non-hydrogen) atoms. The minimum Gasteiger partial charge on any atom is -0.484 e. The zero-order chi connectivity index (χ0) is 19.0. The standard InChI is InChI=1S/C18H21ClFN3O4/c19-12-2-1-11(5-13(12)20)26-9-16(24)23-18-6-10(7-18)14(8-18)22-17(25)15-3-4-21-27-15/h1-2,5,10,14-15,21H,3-4,6-9H2,(H,22,25)(H,23,24)/t10?,14-,15?,18?/m0/s1. The Morgan fingerprint density at radius 2 is 2.19 bits per heavy atom. The van der Waals surface area contributed by atoms with Crippen LogP contribution in [0.2, 0.25) is 5.02 Å². The van der Waals surface area contributed by atoms with Crippen LogP contribution in [0.3, 0.4) is 0 Å². The number of hydrogen-bond acceptors (Lipinski definition) is 5. The van der Waals surface area contributed by atoms with Gasteiger partial charge in [0.15, 0.2) is 12.7 Å². The zero-order valence-corrected chi connectivity index (χ0v) is 15.4. The van der Waals surface area contributed by atoms with Crippen molar-refractivity contribution in [3.05, 3.63) is 29.0 Å². The number of carbonyl (C=O) groups is 2. The zero-order valence-electron chi connectivity index (χ0n) is 14.6. The van der Waals surface area contributed by atoms with Gasteiger partial charge in [0.25, 0.3) is 11.8 Å². The van der Waals surface area contributed by atoms with Crippen LogP contribution < -0.4 is 20.9 Å². The first kappa shape index (κ1) is 18.5. The van der Waals surface area contributed by atoms with E-state index in [1.54, 1.807) is 0 Å². The summed E-state index contributed by atoms with van der Waals surface area (Å²) in [6.45, 7) is 0.468. The Morgan fingerprint density at radius 1 is 1.37 bits per heavy atom. The summed E-state index contributed by atoms with van der Waals surface area (Å²) in [6, 6.07) is 4.09. The summed E-state index contributed by atoms with van der Waals surface area (Å²) in [7, 11) is 0. The fourth-order valence-electron chi connectivity index (χ4n) is 4.22. The summed E-state index contributed by atoms with van der Waals surface area (Å²) in [5.74, 6) is -0.343. The van der Waals surface area contributed by atoms with Crippen LogP contribution in [0.4, 0.5) is 4.39 Å². The first-order valence-corrected chi connectivity index (χ1v) is 9.40. The number of halogens is 2. The molecule has 1 heterocycles. The van der Waals surface area contributed by atoms with Crippen LogP contribution in [-0.4, -0.2) is 42.7 Å². The molecule has 7 nitrogen and oxygen atoms in total. The van der Waals surface area contributed by atoms with E-state index in [9.17, 15) is 14.0 Å². The number of hydroxylamine groups is 1. The lowest BCUT2D eigenvalue weighted by atomic mass is 9.76. The molecule has 2 amide bonds. The van der Waals surface area contributed by atoms with Crippen LogP contribution in [0.15, 0.2) is 18.2 Å². The Balaban J connectivity index is 1.24. The van der Waals surface area contributed by atoms with E-state index in [0.29, 0.717) is 25.3 Å². The molecule has 0 aromatic heterocycles. The van der Waals surface area contributed by atoms with Gasteiger partial charge in [-0.2, -0.15) is 0 Å². The number of amides is 2. The first-order chi connectivity index (χ1) is 12.9. The summed E-state index contributed by atoms with van der Waals surface area (Å²) < 4.78 is 18.7. The fourth-order valence-corrected chi connectivity index (χ4v) is 4.34. The van der Waals surface area contributed by atoms with E-state index in [0.717, 1.165) is 18.9 Å². The normalized spacial score (nSPS) is 31.3. The average molecular weight is 398 g/mol. The maximum Gasteiger partial charge on any atom is 0.258 e. The van der Waals surface area contributed by atoms with E-state index in [1.807, 2.05) is 0 Å². The van der Waals surface area contributed by atoms with Crippen LogP contribution in [0.5, 0.6) is 5.75 Å². The number of hydrogen-bond donors (Lipinski definition) is 3. The summed E-state index contributed by atoms with van der Waals surface area (Å²) in [6.07, 6.45) is 2.59. The van der Waals surface area contributed by atoms with Gasteiger partial charge in [-0.25, -0.2) is 9.87 Å². The fraction of sp³-hybridized carbons (Fsp3) is 0.556. The maximum absolute atomic E-state index is 13.4. The quantitative estimate of drug-likeness (QED) is 0.673. The number of benzene rings is 1. The van der Waals surface area contributed by atoms with Crippen molar-refractivity contribution in [2.75, 3.05) is 13.2 Å². The molecule has 1 aromatic rings. The van der Waals surface area contributed by atoms with Crippen molar-refractivity contribution in [1.29, 1.82) is 0 Å². The number of nitrogens with one attached hydrogen (secondary N) is 3. The molecule has 1 aliphatic heterocycles. The van der Waals surface area contributed by atoms with Crippen molar-refractivity contribution in [2.24, 2.45) is 5.92 Å². The maximum atomic E-state index is 13.4. The van der Waals surface area contributed by atoms with Gasteiger partial charge in [-0.05, 0) is 43.7 Å². The van der Waals surface area contributed by atoms with Crippen LogP contribution in [0, 0.1) is 11.7 Å². The smallest absolute Gasteiger partial charge is 0.258 e. The molecule has 2 bridgehead atoms. The second-order valence-electron chi connectivity index (χ2n) is 7.47. The van der Waals surface area contributed by atoms with Gasteiger partial charge in [0.1, 0.15) is 11.6 Å². The van der Waals surface area contributed by atoms with E-state index in [-0.39, 0.29) is 40.8 Å². The number of fused-ring (bicyclic) bond motifs is 1. The highest BCUT2D eigenvalue weighted by Crippen LogP contribution is 2.52. The monoisotopic (exact) mass is 397 g/mol. The highest BCUT2D eigenvalue weighted by atomic mass is 35.5. The number of carbonyl (C=O) groups excluding carboxylic acids is 2. The summed E-state index contributed by atoms with van der Waals surface area (Å²) in [5.41, 5.74) is 2.42. The van der Waals surface area contributed by atoms with E-state index >= 15 is 0 Å². The van der Waals surface area contributed by atoms with Gasteiger partial charge in [-0.3, -0.25) is 14.4 Å². The van der Waals surface area contributed by atoms with Gasteiger partial charge in [0.2, 0.25) is 0 Å². The summed E-state index contributed by atoms with van der Waals surface area (Å²) in [5, 5.41) is 6.05. The molecule has 0 spiro atoms. The molecule has 3 aliphatic carbocycles. The lowest BCUT2D eigenvalue weighted by Gasteiger charge is -2.39. The molecule has 1 aromatic carbocycles. The number of rotatable bonds is 6. The highest BCUT2D eigenvalue weighted by molar-refractivity contribution is 6.30. The summed E-state index contributed by atoms with van der Waals surface area (Å²) in [4.78, 5) is 29.6. The molecule has 1 unspecified atom stereocenters. The van der Waals surface area contributed by atoms with Crippen molar-refractivity contribution in [1.82, 2.24) is 16.1 Å². The van der Waals surface area contributed by atoms with Gasteiger partial charge < -0.3 is 15.4 Å². The van der Waals surface area contributed by atoms with Crippen LogP contribution in [-0.2, 0) is 14.4 Å². The lowest BCUT2D eigenvalue weighted by molar-refractivity contribution is -0.133. The van der Waals surface area contributed by atoms with E-state index in [2.05, 4.69) is 16.1 Å². The first-order valence-electron chi connectivity index (χ1n) is 9.02. The number of ether oxygens (including phenoxy) is 1. The average Bonchev–Trinajstić information content (AvgIpc) is 3.31. The van der Waals surface area contributed by atoms with Gasteiger partial charge in [0.05, 0.1) is 5.02 Å². The third-order valence-electron chi connectivity index (χ3n) is 5.51. The van der Waals surface area contributed by atoms with Crippen molar-refractivity contribution in [3.8, 4) is 5.75 Å². The molecular weight excluding hydrogens is 377 g/mol. The predicted octanol–water partition coefficient (Wildman–Crippen LogP) is 1.30. The van der Waals surface area contributed by atoms with Crippen molar-refractivity contribution < 1.29 is 23.6 Å². The second-order valence-corrected chi connectivity index (χ2v) is 7.88. The molecule has 5 rings (SSSR count). The molecular formula is C18H21ClFN3O4. The Labute approximate surface area is 160 Å². The second kappa shape index (κ2) is 7.26. The van der Waals surface area contributed by atoms with Crippen LogP contribution in [0.1, 0.15) is 25.7 Å². The summed E-state index contributed by atoms with van der Waals surface area (Å²) >= 11 is 5.62. The molecule has 1 saturated heterocycles. The Bertz CT molecular complexity index is 750. The van der Waals surface area contributed by atoms with Gasteiger partial charge in [0, 0.05) is 24.2 Å². The van der Waals surface area contributed by atoms with Crippen LogP contribution >= 0.6 is 11.6 Å². The highest BCUT2D eigenvalue weighted by Gasteiger charge is 2.57. The molecule has 3 N–H and O–H groups in total. The van der Waals surface area contributed by atoms with E-state index in [1.165, 1.54) is 12.1 Å². The largest absolute Gasteiger partial charge is 0.484 e. The molecule has 9 heteroatoms. The third-order valence-corrected chi connectivity index (χ3v) is 5.81. The Hall–Kier alpha value is -1.90.